The lowest BCUT2D eigenvalue weighted by Gasteiger charge is -2.16. The predicted molar refractivity (Wildman–Crippen MR) is 90.2 cm³/mol. The topological polar surface area (TPSA) is 30.7 Å². The predicted octanol–water partition coefficient (Wildman–Crippen LogP) is 2.90. The molecular formula is C19H22NO3+. The Bertz CT molecular complexity index is 720. The molecule has 3 rings (SSSR count). The van der Waals surface area contributed by atoms with E-state index < -0.39 is 0 Å². The number of rotatable bonds is 5. The Kier molecular flexibility index (Phi) is 4.51. The Hall–Kier alpha value is -2.49. The smallest absolute Gasteiger partial charge is 0.171 e. The molecule has 0 amide bonds. The highest BCUT2D eigenvalue weighted by molar-refractivity contribution is 5.80. The molecule has 0 unspecified atom stereocenters. The summed E-state index contributed by atoms with van der Waals surface area (Å²) in [5.41, 5.74) is 3.77. The zero-order valence-electron chi connectivity index (χ0n) is 13.8. The van der Waals surface area contributed by atoms with Crippen molar-refractivity contribution < 1.29 is 18.8 Å². The van der Waals surface area contributed by atoms with Crippen LogP contribution in [0.2, 0.25) is 0 Å². The molecule has 0 aromatic heterocycles. The summed E-state index contributed by atoms with van der Waals surface area (Å²) in [5.74, 6) is 2.45. The number of benzene rings is 2. The van der Waals surface area contributed by atoms with Crippen molar-refractivity contribution in [3.63, 3.8) is 0 Å². The first-order chi connectivity index (χ1) is 11.2. The third kappa shape index (κ3) is 3.31. The second kappa shape index (κ2) is 6.73. The molecule has 0 saturated carbocycles. The third-order valence-electron chi connectivity index (χ3n) is 4.18. The van der Waals surface area contributed by atoms with Gasteiger partial charge < -0.3 is 14.2 Å². The lowest BCUT2D eigenvalue weighted by Crippen LogP contribution is -2.22. The molecule has 1 aliphatic heterocycles. The molecule has 2 aromatic rings. The summed E-state index contributed by atoms with van der Waals surface area (Å²) >= 11 is 0. The number of hydrogen-bond acceptors (Lipinski definition) is 3. The monoisotopic (exact) mass is 312 g/mol. The zero-order chi connectivity index (χ0) is 16.2. The minimum Gasteiger partial charge on any atom is -0.497 e. The van der Waals surface area contributed by atoms with Crippen molar-refractivity contribution in [2.24, 2.45) is 0 Å². The van der Waals surface area contributed by atoms with Gasteiger partial charge in [0.2, 0.25) is 0 Å². The van der Waals surface area contributed by atoms with Gasteiger partial charge in [0, 0.05) is 17.5 Å². The highest BCUT2D eigenvalue weighted by atomic mass is 16.5. The maximum Gasteiger partial charge on any atom is 0.171 e. The van der Waals surface area contributed by atoms with E-state index in [0.29, 0.717) is 0 Å². The van der Waals surface area contributed by atoms with E-state index in [9.17, 15) is 0 Å². The van der Waals surface area contributed by atoms with Gasteiger partial charge in [-0.3, -0.25) is 0 Å². The van der Waals surface area contributed by atoms with Crippen molar-refractivity contribution in [2.45, 2.75) is 13.0 Å². The number of hydrogen-bond donors (Lipinski definition) is 0. The average molecular weight is 312 g/mol. The zero-order valence-corrected chi connectivity index (χ0v) is 13.8. The summed E-state index contributed by atoms with van der Waals surface area (Å²) in [5, 5.41) is 0. The molecule has 23 heavy (non-hydrogen) atoms. The van der Waals surface area contributed by atoms with Crippen LogP contribution in [0.5, 0.6) is 17.2 Å². The summed E-state index contributed by atoms with van der Waals surface area (Å²) in [7, 11) is 5.03. The molecule has 0 aliphatic carbocycles. The summed E-state index contributed by atoms with van der Waals surface area (Å²) in [6.45, 7) is 1.88. The fourth-order valence-corrected chi connectivity index (χ4v) is 2.89. The Labute approximate surface area is 136 Å². The van der Waals surface area contributed by atoms with Crippen LogP contribution >= 0.6 is 0 Å². The van der Waals surface area contributed by atoms with Crippen molar-refractivity contribution in [2.75, 3.05) is 27.9 Å². The van der Waals surface area contributed by atoms with Crippen LogP contribution in [0, 0.1) is 0 Å². The van der Waals surface area contributed by atoms with Crippen molar-refractivity contribution in [3.05, 3.63) is 53.1 Å². The Morgan fingerprint density at radius 1 is 0.913 bits per heavy atom. The number of fused-ring (bicyclic) bond motifs is 1. The van der Waals surface area contributed by atoms with Crippen LogP contribution in [0.4, 0.5) is 0 Å². The molecule has 0 spiro atoms. The van der Waals surface area contributed by atoms with Gasteiger partial charge in [-0.25, -0.2) is 4.58 Å². The van der Waals surface area contributed by atoms with Crippen molar-refractivity contribution in [1.29, 1.82) is 0 Å². The molecular weight excluding hydrogens is 290 g/mol. The number of ether oxygens (including phenoxy) is 3. The first-order valence-corrected chi connectivity index (χ1v) is 7.70. The van der Waals surface area contributed by atoms with E-state index in [2.05, 4.69) is 29.0 Å². The Morgan fingerprint density at radius 2 is 1.61 bits per heavy atom. The molecule has 0 radical (unpaired) electrons. The van der Waals surface area contributed by atoms with Crippen LogP contribution in [0.15, 0.2) is 36.4 Å². The Morgan fingerprint density at radius 3 is 2.26 bits per heavy atom. The van der Waals surface area contributed by atoms with E-state index in [0.717, 1.165) is 36.8 Å². The van der Waals surface area contributed by atoms with Crippen LogP contribution < -0.4 is 14.2 Å². The van der Waals surface area contributed by atoms with Gasteiger partial charge in [0.1, 0.15) is 12.3 Å². The molecule has 0 N–H and O–H groups in total. The highest BCUT2D eigenvalue weighted by Gasteiger charge is 2.19. The van der Waals surface area contributed by atoms with E-state index in [4.69, 9.17) is 14.2 Å². The maximum absolute atomic E-state index is 5.40. The van der Waals surface area contributed by atoms with Gasteiger partial charge in [-0.05, 0) is 42.0 Å². The van der Waals surface area contributed by atoms with Crippen LogP contribution in [0.3, 0.4) is 0 Å². The van der Waals surface area contributed by atoms with Crippen LogP contribution in [-0.4, -0.2) is 38.7 Å². The quantitative estimate of drug-likeness (QED) is 0.795. The van der Waals surface area contributed by atoms with E-state index >= 15 is 0 Å². The van der Waals surface area contributed by atoms with Gasteiger partial charge >= 0.3 is 0 Å². The minimum atomic E-state index is 0.772. The maximum atomic E-state index is 5.40. The number of nitrogens with zero attached hydrogens (tertiary/aromatic N) is 1. The van der Waals surface area contributed by atoms with E-state index in [1.165, 1.54) is 16.7 Å². The molecule has 1 heterocycles. The van der Waals surface area contributed by atoms with Crippen LogP contribution in [-0.2, 0) is 13.0 Å². The van der Waals surface area contributed by atoms with Gasteiger partial charge in [-0.2, -0.15) is 0 Å². The minimum absolute atomic E-state index is 0.772. The van der Waals surface area contributed by atoms with Crippen molar-refractivity contribution in [1.82, 2.24) is 0 Å². The molecule has 2 aromatic carbocycles. The van der Waals surface area contributed by atoms with Gasteiger partial charge in [-0.1, -0.05) is 0 Å². The highest BCUT2D eigenvalue weighted by Crippen LogP contribution is 2.31. The second-order valence-electron chi connectivity index (χ2n) is 5.60. The first-order valence-electron chi connectivity index (χ1n) is 7.70. The SMILES string of the molecule is COc1ccc(C[N+]2=Cc3cc(OC)c(OC)cc3CC2)cc1. The lowest BCUT2D eigenvalue weighted by atomic mass is 10.0. The summed E-state index contributed by atoms with van der Waals surface area (Å²) in [6.07, 6.45) is 3.20. The fraction of sp³-hybridized carbons (Fsp3) is 0.316. The Balaban J connectivity index is 1.84. The molecule has 0 fully saturated rings. The fourth-order valence-electron chi connectivity index (χ4n) is 2.89. The van der Waals surface area contributed by atoms with Gasteiger partial charge in [0.25, 0.3) is 0 Å². The number of methoxy groups -OCH3 is 3. The second-order valence-corrected chi connectivity index (χ2v) is 5.60. The molecule has 0 atom stereocenters. The van der Waals surface area contributed by atoms with Crippen molar-refractivity contribution in [3.8, 4) is 17.2 Å². The van der Waals surface area contributed by atoms with E-state index in [-0.39, 0.29) is 0 Å². The molecule has 4 heteroatoms. The third-order valence-corrected chi connectivity index (χ3v) is 4.18. The summed E-state index contributed by atoms with van der Waals surface area (Å²) in [6, 6.07) is 12.3. The molecule has 1 aliphatic rings. The first kappa shape index (κ1) is 15.4. The normalized spacial score (nSPS) is 13.1. The van der Waals surface area contributed by atoms with Crippen LogP contribution in [0.1, 0.15) is 16.7 Å². The lowest BCUT2D eigenvalue weighted by molar-refractivity contribution is -0.540. The molecule has 4 nitrogen and oxygen atoms in total. The average Bonchev–Trinajstić information content (AvgIpc) is 2.61. The van der Waals surface area contributed by atoms with E-state index in [1.807, 2.05) is 18.2 Å². The van der Waals surface area contributed by atoms with Crippen molar-refractivity contribution >= 4 is 6.21 Å². The molecule has 0 saturated heterocycles. The standard InChI is InChI=1S/C19H22NO3/c1-21-17-6-4-14(5-7-17)12-20-9-8-15-10-18(22-2)19(23-3)11-16(15)13-20/h4-7,10-11,13H,8-9,12H2,1-3H3/q+1. The van der Waals surface area contributed by atoms with E-state index in [1.54, 1.807) is 21.3 Å². The van der Waals surface area contributed by atoms with Gasteiger partial charge in [0.15, 0.2) is 24.3 Å². The van der Waals surface area contributed by atoms with Crippen LogP contribution in [0.25, 0.3) is 0 Å². The molecule has 0 bridgehead atoms. The summed E-state index contributed by atoms with van der Waals surface area (Å²) in [4.78, 5) is 0. The molecule has 120 valence electrons. The van der Waals surface area contributed by atoms with Gasteiger partial charge in [-0.15, -0.1) is 0 Å². The van der Waals surface area contributed by atoms with Gasteiger partial charge in [0.05, 0.1) is 21.3 Å². The summed E-state index contributed by atoms with van der Waals surface area (Å²) < 4.78 is 18.3. The largest absolute Gasteiger partial charge is 0.497 e.